The molecule has 1 N–H and O–H groups in total. The van der Waals surface area contributed by atoms with Crippen molar-refractivity contribution >= 4 is 0 Å². The zero-order chi connectivity index (χ0) is 6.85. The summed E-state index contributed by atoms with van der Waals surface area (Å²) in [6.45, 7) is 1.62. The van der Waals surface area contributed by atoms with Crippen LogP contribution in [-0.4, -0.2) is 10.2 Å². The number of alkyl halides is 2. The third kappa shape index (κ3) is 1.25. The number of aromatic amines is 1. The molecule has 0 aliphatic carbocycles. The highest BCUT2D eigenvalue weighted by molar-refractivity contribution is 5.04. The standard InChI is InChI=1S/C5H5F2N2/c1-3-2-4(5(6)7)9-8-3/h5H,1H3,(H,8,9). The Morgan fingerprint density at radius 3 is 2.56 bits per heavy atom. The molecule has 1 aromatic rings. The third-order valence-electron chi connectivity index (χ3n) is 0.866. The quantitative estimate of drug-likeness (QED) is 0.614. The van der Waals surface area contributed by atoms with Gasteiger partial charge in [-0.2, -0.15) is 5.10 Å². The van der Waals surface area contributed by atoms with Crippen molar-refractivity contribution in [3.05, 3.63) is 17.5 Å². The van der Waals surface area contributed by atoms with E-state index in [-0.39, 0.29) is 5.69 Å². The maximum atomic E-state index is 11.7. The zero-order valence-corrected chi connectivity index (χ0v) is 4.78. The van der Waals surface area contributed by atoms with E-state index in [2.05, 4.69) is 16.3 Å². The topological polar surface area (TPSA) is 28.7 Å². The molecule has 4 heteroatoms. The number of hydrogen-bond donors (Lipinski definition) is 1. The van der Waals surface area contributed by atoms with Gasteiger partial charge in [0.15, 0.2) is 0 Å². The highest BCUT2D eigenvalue weighted by Gasteiger charge is 2.09. The van der Waals surface area contributed by atoms with E-state index < -0.39 is 6.43 Å². The first-order valence-electron chi connectivity index (χ1n) is 2.42. The fourth-order valence-corrected chi connectivity index (χ4v) is 0.495. The summed E-state index contributed by atoms with van der Waals surface area (Å²) in [6.07, 6.45) is -2.52. The van der Waals surface area contributed by atoms with Gasteiger partial charge in [0.05, 0.1) is 0 Å². The second kappa shape index (κ2) is 2.13. The molecule has 0 atom stereocenters. The number of nitrogens with zero attached hydrogens (tertiary/aromatic N) is 1. The van der Waals surface area contributed by atoms with E-state index >= 15 is 0 Å². The fourth-order valence-electron chi connectivity index (χ4n) is 0.495. The van der Waals surface area contributed by atoms with E-state index in [1.54, 1.807) is 6.92 Å². The van der Waals surface area contributed by atoms with E-state index in [1.165, 1.54) is 0 Å². The van der Waals surface area contributed by atoms with Crippen LogP contribution in [0, 0.1) is 13.0 Å². The molecule has 0 saturated carbocycles. The van der Waals surface area contributed by atoms with Gasteiger partial charge in [-0.1, -0.05) is 0 Å². The van der Waals surface area contributed by atoms with Crippen molar-refractivity contribution in [2.24, 2.45) is 0 Å². The lowest BCUT2D eigenvalue weighted by Gasteiger charge is -1.85. The molecule has 0 unspecified atom stereocenters. The van der Waals surface area contributed by atoms with Gasteiger partial charge in [0.25, 0.3) is 6.43 Å². The maximum Gasteiger partial charge on any atom is 0.282 e. The number of H-pyrrole nitrogens is 1. The second-order valence-electron chi connectivity index (χ2n) is 1.66. The van der Waals surface area contributed by atoms with Crippen LogP contribution in [0.4, 0.5) is 8.78 Å². The van der Waals surface area contributed by atoms with Gasteiger partial charge in [-0.25, -0.2) is 8.78 Å². The smallest absolute Gasteiger partial charge is 0.282 e. The van der Waals surface area contributed by atoms with Gasteiger partial charge >= 0.3 is 0 Å². The van der Waals surface area contributed by atoms with Crippen molar-refractivity contribution in [1.29, 1.82) is 0 Å². The van der Waals surface area contributed by atoms with Gasteiger partial charge in [0.2, 0.25) is 0 Å². The Balaban J connectivity index is 2.85. The van der Waals surface area contributed by atoms with Crippen LogP contribution in [0.5, 0.6) is 0 Å². The number of hydrogen-bond acceptors (Lipinski definition) is 1. The van der Waals surface area contributed by atoms with E-state index in [0.29, 0.717) is 5.69 Å². The molecule has 0 aromatic carbocycles. The molecular formula is C5H5F2N2. The number of rotatable bonds is 1. The van der Waals surface area contributed by atoms with Gasteiger partial charge < -0.3 is 0 Å². The van der Waals surface area contributed by atoms with Crippen molar-refractivity contribution in [2.45, 2.75) is 13.3 Å². The number of aromatic nitrogens is 2. The Kier molecular flexibility index (Phi) is 1.46. The second-order valence-corrected chi connectivity index (χ2v) is 1.66. The first kappa shape index (κ1) is 6.19. The van der Waals surface area contributed by atoms with Gasteiger partial charge in [0.1, 0.15) is 5.69 Å². The Labute approximate surface area is 50.9 Å². The number of aryl methyl sites for hydroxylation is 1. The van der Waals surface area contributed by atoms with Crippen LogP contribution < -0.4 is 0 Å². The Morgan fingerprint density at radius 2 is 2.33 bits per heavy atom. The average Bonchev–Trinajstić information content (AvgIpc) is 2.14. The lowest BCUT2D eigenvalue weighted by molar-refractivity contribution is 0.145. The lowest BCUT2D eigenvalue weighted by atomic mass is 10.4. The summed E-state index contributed by atoms with van der Waals surface area (Å²) in [5.74, 6) is 0. The van der Waals surface area contributed by atoms with E-state index in [4.69, 9.17) is 0 Å². The summed E-state index contributed by atoms with van der Waals surface area (Å²) in [4.78, 5) is 0. The minimum absolute atomic E-state index is 0.312. The minimum Gasteiger partial charge on any atom is -0.282 e. The predicted octanol–water partition coefficient (Wildman–Crippen LogP) is 1.46. The maximum absolute atomic E-state index is 11.7. The van der Waals surface area contributed by atoms with Crippen LogP contribution >= 0.6 is 0 Å². The molecule has 0 fully saturated rings. The molecule has 0 bridgehead atoms. The molecular weight excluding hydrogens is 126 g/mol. The molecule has 9 heavy (non-hydrogen) atoms. The lowest BCUT2D eigenvalue weighted by Crippen LogP contribution is -1.81. The summed E-state index contributed by atoms with van der Waals surface area (Å²) in [6, 6.07) is 2.36. The summed E-state index contributed by atoms with van der Waals surface area (Å²) >= 11 is 0. The molecule has 2 nitrogen and oxygen atoms in total. The molecule has 0 aliphatic rings. The van der Waals surface area contributed by atoms with Crippen molar-refractivity contribution in [2.75, 3.05) is 0 Å². The molecule has 1 rings (SSSR count). The Hall–Kier alpha value is -0.930. The molecule has 1 aromatic heterocycles. The van der Waals surface area contributed by atoms with E-state index in [9.17, 15) is 8.78 Å². The van der Waals surface area contributed by atoms with Crippen molar-refractivity contribution in [3.63, 3.8) is 0 Å². The Bertz CT molecular complexity index is 195. The fraction of sp³-hybridized carbons (Fsp3) is 0.400. The number of nitrogens with one attached hydrogen (secondary N) is 1. The molecule has 1 heterocycles. The summed E-state index contributed by atoms with van der Waals surface area (Å²) in [5.41, 5.74) is 0.220. The molecule has 49 valence electrons. The molecule has 0 aliphatic heterocycles. The molecule has 1 radical (unpaired) electrons. The SMILES string of the molecule is Cc1[c]c(C(F)F)n[nH]1. The number of halogens is 2. The van der Waals surface area contributed by atoms with Crippen LogP contribution in [0.1, 0.15) is 17.8 Å². The highest BCUT2D eigenvalue weighted by atomic mass is 19.3. The Morgan fingerprint density at radius 1 is 1.67 bits per heavy atom. The van der Waals surface area contributed by atoms with Crippen LogP contribution in [0.25, 0.3) is 0 Å². The largest absolute Gasteiger partial charge is 0.282 e. The van der Waals surface area contributed by atoms with Gasteiger partial charge in [-0.3, -0.25) is 5.10 Å². The van der Waals surface area contributed by atoms with Crippen molar-refractivity contribution in [3.8, 4) is 0 Å². The monoisotopic (exact) mass is 131 g/mol. The first-order chi connectivity index (χ1) is 4.20. The molecule has 0 saturated heterocycles. The van der Waals surface area contributed by atoms with Crippen molar-refractivity contribution < 1.29 is 8.78 Å². The van der Waals surface area contributed by atoms with Crippen molar-refractivity contribution in [1.82, 2.24) is 10.2 Å². The van der Waals surface area contributed by atoms with Crippen LogP contribution in [0.3, 0.4) is 0 Å². The summed E-state index contributed by atoms with van der Waals surface area (Å²) in [5, 5.41) is 5.65. The predicted molar refractivity (Wildman–Crippen MR) is 27.1 cm³/mol. The zero-order valence-electron chi connectivity index (χ0n) is 4.78. The summed E-state index contributed by atoms with van der Waals surface area (Å²) < 4.78 is 23.3. The minimum atomic E-state index is -2.52. The summed E-state index contributed by atoms with van der Waals surface area (Å²) in [7, 11) is 0. The van der Waals surface area contributed by atoms with Gasteiger partial charge in [-0.05, 0) is 6.92 Å². The normalized spacial score (nSPS) is 10.7. The van der Waals surface area contributed by atoms with Gasteiger partial charge in [-0.15, -0.1) is 0 Å². The van der Waals surface area contributed by atoms with Crippen LogP contribution in [0.2, 0.25) is 0 Å². The molecule has 0 amide bonds. The highest BCUT2D eigenvalue weighted by Crippen LogP contribution is 2.14. The van der Waals surface area contributed by atoms with Crippen LogP contribution in [0.15, 0.2) is 0 Å². The third-order valence-corrected chi connectivity index (χ3v) is 0.866. The van der Waals surface area contributed by atoms with E-state index in [0.717, 1.165) is 0 Å². The van der Waals surface area contributed by atoms with Crippen LogP contribution in [-0.2, 0) is 0 Å². The first-order valence-corrected chi connectivity index (χ1v) is 2.42. The van der Waals surface area contributed by atoms with E-state index in [1.807, 2.05) is 0 Å². The van der Waals surface area contributed by atoms with Gasteiger partial charge in [0, 0.05) is 11.8 Å². The molecule has 0 spiro atoms. The average molecular weight is 131 g/mol.